The van der Waals surface area contributed by atoms with Crippen LogP contribution in [0.15, 0.2) is 47.2 Å². The molecule has 1 aliphatic rings. The van der Waals surface area contributed by atoms with E-state index in [2.05, 4.69) is 53.4 Å². The number of epoxide rings is 1. The fourth-order valence-corrected chi connectivity index (χ4v) is 3.40. The van der Waals surface area contributed by atoms with E-state index < -0.39 is 0 Å². The smallest absolute Gasteiger partial charge is 0.157 e. The molecule has 26 heavy (non-hydrogen) atoms. The third kappa shape index (κ3) is 3.12. The Morgan fingerprint density at radius 3 is 2.69 bits per heavy atom. The molecule has 4 rings (SSSR count). The van der Waals surface area contributed by atoms with Gasteiger partial charge in [-0.15, -0.1) is 0 Å². The van der Waals surface area contributed by atoms with Gasteiger partial charge in [0.1, 0.15) is 11.9 Å². The van der Waals surface area contributed by atoms with Gasteiger partial charge in [-0.3, -0.25) is 4.68 Å². The van der Waals surface area contributed by atoms with Crippen molar-refractivity contribution in [3.8, 4) is 0 Å². The van der Waals surface area contributed by atoms with Gasteiger partial charge in [0.25, 0.3) is 0 Å². The van der Waals surface area contributed by atoms with Crippen LogP contribution in [0.1, 0.15) is 35.4 Å². The number of aryl methyl sites for hydroxylation is 2. The number of benzene rings is 1. The lowest BCUT2D eigenvalue weighted by molar-refractivity contribution is 0.352. The van der Waals surface area contributed by atoms with Crippen LogP contribution in [0, 0.1) is 13.8 Å². The summed E-state index contributed by atoms with van der Waals surface area (Å²) < 4.78 is 13.1. The third-order valence-electron chi connectivity index (χ3n) is 5.23. The van der Waals surface area contributed by atoms with E-state index in [0.29, 0.717) is 12.5 Å². The number of hydrogen-bond acceptors (Lipinski definition) is 5. The van der Waals surface area contributed by atoms with Crippen LogP contribution in [0.2, 0.25) is 0 Å². The number of likely N-dealkylation sites (N-methyl/N-ethyl adjacent to an activating group) is 1. The molecule has 0 N–H and O–H groups in total. The highest BCUT2D eigenvalue weighted by atomic mass is 16.6. The average molecular weight is 352 g/mol. The maximum absolute atomic E-state index is 5.97. The van der Waals surface area contributed by atoms with Gasteiger partial charge in [-0.05, 0) is 19.4 Å². The van der Waals surface area contributed by atoms with E-state index in [-0.39, 0.29) is 12.3 Å². The highest BCUT2D eigenvalue weighted by molar-refractivity contribution is 5.44. The van der Waals surface area contributed by atoms with E-state index >= 15 is 0 Å². The van der Waals surface area contributed by atoms with Gasteiger partial charge in [-0.2, -0.15) is 5.10 Å². The normalized spacial score (nSPS) is 20.2. The molecule has 3 atom stereocenters. The number of anilines is 1. The van der Waals surface area contributed by atoms with Crippen molar-refractivity contribution in [1.29, 1.82) is 0 Å². The fraction of sp³-hybridized carbons (Fsp3) is 0.400. The molecule has 1 aromatic carbocycles. The second kappa shape index (κ2) is 6.61. The Kier molecular flexibility index (Phi) is 4.28. The summed E-state index contributed by atoms with van der Waals surface area (Å²) in [5.74, 6) is 1.20. The highest BCUT2D eigenvalue weighted by Crippen LogP contribution is 2.38. The van der Waals surface area contributed by atoms with E-state index in [4.69, 9.17) is 9.26 Å². The summed E-state index contributed by atoms with van der Waals surface area (Å²) in [7, 11) is 2.06. The van der Waals surface area contributed by atoms with Gasteiger partial charge in [0.05, 0.1) is 24.1 Å². The van der Waals surface area contributed by atoms with Crippen LogP contribution in [-0.2, 0) is 11.3 Å². The SMILES string of the molecule is Cc1noc(C)c1Cn1cc(N(C)C2OC2C(C)c2ccccc2)cn1. The second-order valence-corrected chi connectivity index (χ2v) is 7.00. The lowest BCUT2D eigenvalue weighted by Crippen LogP contribution is -2.24. The fourth-order valence-electron chi connectivity index (χ4n) is 3.40. The van der Waals surface area contributed by atoms with Crippen molar-refractivity contribution >= 4 is 5.69 Å². The predicted octanol–water partition coefficient (Wildman–Crippen LogP) is 3.50. The molecule has 0 radical (unpaired) electrons. The van der Waals surface area contributed by atoms with E-state index in [0.717, 1.165) is 22.7 Å². The van der Waals surface area contributed by atoms with Crippen molar-refractivity contribution in [2.24, 2.45) is 0 Å². The molecule has 136 valence electrons. The van der Waals surface area contributed by atoms with Crippen molar-refractivity contribution in [2.45, 2.75) is 45.6 Å². The molecule has 2 aromatic heterocycles. The molecule has 3 unspecified atom stereocenters. The summed E-state index contributed by atoms with van der Waals surface area (Å²) in [6.45, 7) is 6.76. The quantitative estimate of drug-likeness (QED) is 0.636. The molecule has 0 spiro atoms. The predicted molar refractivity (Wildman–Crippen MR) is 99.2 cm³/mol. The van der Waals surface area contributed by atoms with Crippen LogP contribution in [0.5, 0.6) is 0 Å². The zero-order valence-corrected chi connectivity index (χ0v) is 15.6. The van der Waals surface area contributed by atoms with Crippen LogP contribution in [0.4, 0.5) is 5.69 Å². The first kappa shape index (κ1) is 16.8. The van der Waals surface area contributed by atoms with Crippen molar-refractivity contribution in [3.05, 3.63) is 65.3 Å². The minimum absolute atomic E-state index is 0.0851. The standard InChI is InChI=1S/C20H24N4O2/c1-13(16-8-6-5-7-9-16)19-20(25-19)23(4)17-10-21-24(11-17)12-18-14(2)22-26-15(18)3/h5-11,13,19-20H,12H2,1-4H3. The third-order valence-corrected chi connectivity index (χ3v) is 5.23. The molecule has 1 fully saturated rings. The number of ether oxygens (including phenoxy) is 1. The topological polar surface area (TPSA) is 59.6 Å². The Morgan fingerprint density at radius 1 is 1.23 bits per heavy atom. The van der Waals surface area contributed by atoms with Gasteiger partial charge >= 0.3 is 0 Å². The monoisotopic (exact) mass is 352 g/mol. The van der Waals surface area contributed by atoms with Gasteiger partial charge in [0.15, 0.2) is 6.23 Å². The van der Waals surface area contributed by atoms with Gasteiger partial charge in [-0.1, -0.05) is 42.4 Å². The van der Waals surface area contributed by atoms with Crippen LogP contribution in [0.25, 0.3) is 0 Å². The molecule has 3 aromatic rings. The summed E-state index contributed by atoms with van der Waals surface area (Å²) in [5, 5.41) is 8.49. The molecular weight excluding hydrogens is 328 g/mol. The second-order valence-electron chi connectivity index (χ2n) is 7.00. The average Bonchev–Trinajstić information content (AvgIpc) is 3.22. The van der Waals surface area contributed by atoms with Crippen molar-refractivity contribution in [3.63, 3.8) is 0 Å². The van der Waals surface area contributed by atoms with Crippen molar-refractivity contribution < 1.29 is 9.26 Å². The Balaban J connectivity index is 1.42. The zero-order chi connectivity index (χ0) is 18.3. The van der Waals surface area contributed by atoms with Gasteiger partial charge in [0, 0.05) is 24.7 Å². The van der Waals surface area contributed by atoms with Crippen LogP contribution in [-0.4, -0.2) is 34.3 Å². The Labute approximate surface area is 153 Å². The summed E-state index contributed by atoms with van der Waals surface area (Å²) in [6.07, 6.45) is 4.21. The van der Waals surface area contributed by atoms with Crippen molar-refractivity contribution in [1.82, 2.24) is 14.9 Å². The number of aromatic nitrogens is 3. The molecule has 6 heteroatoms. The largest absolute Gasteiger partial charge is 0.361 e. The first-order valence-electron chi connectivity index (χ1n) is 8.92. The Morgan fingerprint density at radius 2 is 2.00 bits per heavy atom. The summed E-state index contributed by atoms with van der Waals surface area (Å²) in [6, 6.07) is 10.5. The minimum atomic E-state index is 0.0851. The van der Waals surface area contributed by atoms with Gasteiger partial charge < -0.3 is 14.2 Å². The van der Waals surface area contributed by atoms with E-state index in [1.165, 1.54) is 5.56 Å². The number of rotatable bonds is 6. The molecule has 6 nitrogen and oxygen atoms in total. The molecular formula is C20H24N4O2. The van der Waals surface area contributed by atoms with E-state index in [1.54, 1.807) is 0 Å². The van der Waals surface area contributed by atoms with Crippen LogP contribution < -0.4 is 4.90 Å². The van der Waals surface area contributed by atoms with Crippen LogP contribution >= 0.6 is 0 Å². The highest BCUT2D eigenvalue weighted by Gasteiger charge is 2.46. The zero-order valence-electron chi connectivity index (χ0n) is 15.6. The van der Waals surface area contributed by atoms with Gasteiger partial charge in [0.2, 0.25) is 0 Å². The molecule has 0 saturated carbocycles. The van der Waals surface area contributed by atoms with E-state index in [9.17, 15) is 0 Å². The Hall–Kier alpha value is -2.60. The first-order valence-corrected chi connectivity index (χ1v) is 8.92. The van der Waals surface area contributed by atoms with Gasteiger partial charge in [-0.25, -0.2) is 0 Å². The number of hydrogen-bond donors (Lipinski definition) is 0. The lowest BCUT2D eigenvalue weighted by Gasteiger charge is -2.15. The lowest BCUT2D eigenvalue weighted by atomic mass is 9.97. The van der Waals surface area contributed by atoms with Crippen LogP contribution in [0.3, 0.4) is 0 Å². The summed E-state index contributed by atoms with van der Waals surface area (Å²) >= 11 is 0. The number of nitrogens with zero attached hydrogens (tertiary/aromatic N) is 4. The van der Waals surface area contributed by atoms with E-state index in [1.807, 2.05) is 37.0 Å². The summed E-state index contributed by atoms with van der Waals surface area (Å²) in [5.41, 5.74) is 4.35. The first-order chi connectivity index (χ1) is 12.5. The maximum Gasteiger partial charge on any atom is 0.157 e. The Bertz CT molecular complexity index is 867. The maximum atomic E-state index is 5.97. The molecule has 0 aliphatic carbocycles. The molecule has 1 saturated heterocycles. The molecule has 0 amide bonds. The summed E-state index contributed by atoms with van der Waals surface area (Å²) in [4.78, 5) is 2.15. The minimum Gasteiger partial charge on any atom is -0.361 e. The molecule has 0 bridgehead atoms. The molecule has 3 heterocycles. The van der Waals surface area contributed by atoms with Crippen molar-refractivity contribution in [2.75, 3.05) is 11.9 Å². The molecule has 1 aliphatic heterocycles.